The second-order valence-electron chi connectivity index (χ2n) is 4.53. The topological polar surface area (TPSA) is 72.2 Å². The Balaban J connectivity index is 2.87. The molecule has 3 N–H and O–H groups in total. The van der Waals surface area contributed by atoms with Crippen molar-refractivity contribution in [3.8, 4) is 0 Å². The molecule has 0 aliphatic rings. The van der Waals surface area contributed by atoms with Crippen LogP contribution < -0.4 is 11.1 Å². The highest BCUT2D eigenvalue weighted by Crippen LogP contribution is 2.12. The van der Waals surface area contributed by atoms with Gasteiger partial charge in [-0.2, -0.15) is 0 Å². The van der Waals surface area contributed by atoms with E-state index in [0.29, 0.717) is 10.0 Å². The second kappa shape index (κ2) is 6.52. The third-order valence-corrected chi connectivity index (χ3v) is 2.88. The summed E-state index contributed by atoms with van der Waals surface area (Å²) >= 11 is 3.16. The summed E-state index contributed by atoms with van der Waals surface area (Å²) in [5.41, 5.74) is 7.76. The number of carbonyl (C=O) groups is 2. The second-order valence-corrected chi connectivity index (χ2v) is 5.65. The molecule has 0 radical (unpaired) electrons. The van der Waals surface area contributed by atoms with Crippen LogP contribution in [0.3, 0.4) is 0 Å². The lowest BCUT2D eigenvalue weighted by atomic mass is 10.1. The van der Waals surface area contributed by atoms with Crippen molar-refractivity contribution in [2.75, 3.05) is 0 Å². The molecule has 0 unspecified atom stereocenters. The minimum absolute atomic E-state index is 0.270. The molecular weight excluding hydrogens is 308 g/mol. The lowest BCUT2D eigenvalue weighted by Gasteiger charge is -2.15. The summed E-state index contributed by atoms with van der Waals surface area (Å²) in [7, 11) is 0. The molecule has 5 heteroatoms. The standard InChI is InChI=1S/C14H17BrN2O2/c1-8-4-9(2)6-11(5-8)14(19)17-12(13(16)18)7-10(3)15/h4-6,12H,3,7H2,1-2H3,(H2,16,18)(H,17,19)/t12-/m1/s1. The Morgan fingerprint density at radius 2 is 1.84 bits per heavy atom. The number of aryl methyl sites for hydroxylation is 2. The number of carbonyl (C=O) groups excluding carboxylic acids is 2. The van der Waals surface area contributed by atoms with Gasteiger partial charge < -0.3 is 11.1 Å². The molecule has 0 aromatic heterocycles. The van der Waals surface area contributed by atoms with Gasteiger partial charge in [-0.15, -0.1) is 0 Å². The summed E-state index contributed by atoms with van der Waals surface area (Å²) in [5, 5.41) is 2.61. The van der Waals surface area contributed by atoms with Crippen molar-refractivity contribution < 1.29 is 9.59 Å². The Bertz CT molecular complexity index is 506. The van der Waals surface area contributed by atoms with E-state index in [1.807, 2.05) is 19.9 Å². The van der Waals surface area contributed by atoms with E-state index < -0.39 is 11.9 Å². The third-order valence-electron chi connectivity index (χ3n) is 2.56. The predicted molar refractivity (Wildman–Crippen MR) is 79.0 cm³/mol. The summed E-state index contributed by atoms with van der Waals surface area (Å²) in [6, 6.07) is 4.75. The van der Waals surface area contributed by atoms with E-state index >= 15 is 0 Å². The number of hydrogen-bond acceptors (Lipinski definition) is 2. The van der Waals surface area contributed by atoms with Gasteiger partial charge in [-0.05, 0) is 30.5 Å². The van der Waals surface area contributed by atoms with Gasteiger partial charge in [0.25, 0.3) is 5.91 Å². The molecule has 2 amide bonds. The summed E-state index contributed by atoms with van der Waals surface area (Å²) in [6.07, 6.45) is 0.270. The number of halogens is 1. The number of nitrogens with two attached hydrogens (primary N) is 1. The summed E-state index contributed by atoms with van der Waals surface area (Å²) < 4.78 is 0.608. The van der Waals surface area contributed by atoms with E-state index in [1.165, 1.54) is 0 Å². The van der Waals surface area contributed by atoms with Crippen molar-refractivity contribution in [1.82, 2.24) is 5.32 Å². The molecule has 0 spiro atoms. The molecule has 0 bridgehead atoms. The molecule has 1 rings (SSSR count). The van der Waals surface area contributed by atoms with Gasteiger partial charge in [-0.3, -0.25) is 9.59 Å². The van der Waals surface area contributed by atoms with Crippen LogP contribution in [0.4, 0.5) is 0 Å². The van der Waals surface area contributed by atoms with E-state index in [0.717, 1.165) is 11.1 Å². The van der Waals surface area contributed by atoms with E-state index in [-0.39, 0.29) is 12.3 Å². The lowest BCUT2D eigenvalue weighted by Crippen LogP contribution is -2.44. The van der Waals surface area contributed by atoms with Crippen LogP contribution in [0.2, 0.25) is 0 Å². The molecule has 1 aromatic carbocycles. The van der Waals surface area contributed by atoms with Crippen LogP contribution in [0.5, 0.6) is 0 Å². The molecule has 4 nitrogen and oxygen atoms in total. The molecular formula is C14H17BrN2O2. The van der Waals surface area contributed by atoms with E-state index in [9.17, 15) is 9.59 Å². The first-order valence-corrected chi connectivity index (χ1v) is 6.60. The van der Waals surface area contributed by atoms with Crippen LogP contribution in [0.25, 0.3) is 0 Å². The highest BCUT2D eigenvalue weighted by atomic mass is 79.9. The average Bonchev–Trinajstić information content (AvgIpc) is 2.25. The smallest absolute Gasteiger partial charge is 0.251 e. The number of nitrogens with one attached hydrogen (secondary N) is 1. The average molecular weight is 325 g/mol. The zero-order valence-electron chi connectivity index (χ0n) is 11.0. The maximum absolute atomic E-state index is 12.1. The molecule has 102 valence electrons. The molecule has 19 heavy (non-hydrogen) atoms. The van der Waals surface area contributed by atoms with Gasteiger partial charge in [-0.1, -0.05) is 39.7 Å². The lowest BCUT2D eigenvalue weighted by molar-refractivity contribution is -0.119. The maximum atomic E-state index is 12.1. The van der Waals surface area contributed by atoms with Crippen LogP contribution in [0.15, 0.2) is 29.3 Å². The third kappa shape index (κ3) is 4.87. The first-order chi connectivity index (χ1) is 8.79. The van der Waals surface area contributed by atoms with Crippen LogP contribution in [0, 0.1) is 13.8 Å². The minimum Gasteiger partial charge on any atom is -0.368 e. The zero-order chi connectivity index (χ0) is 14.6. The monoisotopic (exact) mass is 324 g/mol. The van der Waals surface area contributed by atoms with Crippen molar-refractivity contribution in [3.63, 3.8) is 0 Å². The van der Waals surface area contributed by atoms with Crippen LogP contribution in [-0.4, -0.2) is 17.9 Å². The minimum atomic E-state index is -0.764. The number of amides is 2. The number of rotatable bonds is 5. The molecule has 0 heterocycles. The van der Waals surface area contributed by atoms with Gasteiger partial charge in [0.15, 0.2) is 0 Å². The molecule has 0 saturated carbocycles. The Morgan fingerprint density at radius 1 is 1.32 bits per heavy atom. The fraction of sp³-hybridized carbons (Fsp3) is 0.286. The van der Waals surface area contributed by atoms with Crippen molar-refractivity contribution in [2.45, 2.75) is 26.3 Å². The van der Waals surface area contributed by atoms with Gasteiger partial charge in [0, 0.05) is 12.0 Å². The molecule has 0 aliphatic heterocycles. The van der Waals surface area contributed by atoms with Crippen LogP contribution in [0.1, 0.15) is 27.9 Å². The first-order valence-electron chi connectivity index (χ1n) is 5.81. The molecule has 1 atom stereocenters. The maximum Gasteiger partial charge on any atom is 0.251 e. The Kier molecular flexibility index (Phi) is 5.30. The predicted octanol–water partition coefficient (Wildman–Crippen LogP) is 2.19. The van der Waals surface area contributed by atoms with Crippen LogP contribution in [-0.2, 0) is 4.79 Å². The molecule has 0 fully saturated rings. The summed E-state index contributed by atoms with van der Waals surface area (Å²) in [5.74, 6) is -0.900. The first kappa shape index (κ1) is 15.4. The van der Waals surface area contributed by atoms with Gasteiger partial charge in [0.1, 0.15) is 6.04 Å². The Hall–Kier alpha value is -1.62. The van der Waals surface area contributed by atoms with Crippen molar-refractivity contribution in [3.05, 3.63) is 46.0 Å². The van der Waals surface area contributed by atoms with E-state index in [1.54, 1.807) is 12.1 Å². The Morgan fingerprint density at radius 3 is 2.26 bits per heavy atom. The van der Waals surface area contributed by atoms with E-state index in [4.69, 9.17) is 5.73 Å². The van der Waals surface area contributed by atoms with Gasteiger partial charge in [0.05, 0.1) is 0 Å². The largest absolute Gasteiger partial charge is 0.368 e. The van der Waals surface area contributed by atoms with Crippen molar-refractivity contribution in [1.29, 1.82) is 0 Å². The fourth-order valence-electron chi connectivity index (χ4n) is 1.79. The SMILES string of the molecule is C=C(Br)C[C@@H](NC(=O)c1cc(C)cc(C)c1)C(N)=O. The summed E-state index contributed by atoms with van der Waals surface area (Å²) in [4.78, 5) is 23.4. The van der Waals surface area contributed by atoms with Crippen molar-refractivity contribution in [2.24, 2.45) is 5.73 Å². The molecule has 1 aromatic rings. The highest BCUT2D eigenvalue weighted by Gasteiger charge is 2.19. The Labute approximate surface area is 121 Å². The number of primary amides is 1. The van der Waals surface area contributed by atoms with Crippen LogP contribution >= 0.6 is 15.9 Å². The number of hydrogen-bond donors (Lipinski definition) is 2. The van der Waals surface area contributed by atoms with Gasteiger partial charge >= 0.3 is 0 Å². The highest BCUT2D eigenvalue weighted by molar-refractivity contribution is 9.11. The molecule has 0 saturated heterocycles. The van der Waals surface area contributed by atoms with Crippen molar-refractivity contribution >= 4 is 27.7 Å². The van der Waals surface area contributed by atoms with Gasteiger partial charge in [0.2, 0.25) is 5.91 Å². The molecule has 0 aliphatic carbocycles. The quantitative estimate of drug-likeness (QED) is 0.871. The normalized spacial score (nSPS) is 11.7. The fourth-order valence-corrected chi connectivity index (χ4v) is 2.12. The number of benzene rings is 1. The van der Waals surface area contributed by atoms with E-state index in [2.05, 4.69) is 27.8 Å². The van der Waals surface area contributed by atoms with Gasteiger partial charge in [-0.25, -0.2) is 0 Å². The zero-order valence-corrected chi connectivity index (χ0v) is 12.6. The summed E-state index contributed by atoms with van der Waals surface area (Å²) in [6.45, 7) is 7.47.